The lowest BCUT2D eigenvalue weighted by molar-refractivity contribution is -0.0182. The van der Waals surface area contributed by atoms with Crippen molar-refractivity contribution in [2.75, 3.05) is 52.3 Å². The summed E-state index contributed by atoms with van der Waals surface area (Å²) in [6.45, 7) is 4.73. The fourth-order valence-electron chi connectivity index (χ4n) is 2.28. The van der Waals surface area contributed by atoms with Crippen molar-refractivity contribution in [3.63, 3.8) is 0 Å². The molecule has 1 aliphatic rings. The van der Waals surface area contributed by atoms with Gasteiger partial charge >= 0.3 is 0 Å². The summed E-state index contributed by atoms with van der Waals surface area (Å²) in [5.74, 6) is 0. The first-order valence-corrected chi connectivity index (χ1v) is 6.92. The molecule has 0 saturated carbocycles. The molecule has 1 atom stereocenters. The Hall–Kier alpha value is -1.10. The SMILES string of the molecule is CN1CCOC(CNCc2ccc(N(C)C)cc2)C1. The molecule has 106 valence electrons. The minimum absolute atomic E-state index is 0.319. The van der Waals surface area contributed by atoms with Gasteiger partial charge in [0, 0.05) is 46.0 Å². The average Bonchev–Trinajstić information content (AvgIpc) is 2.39. The number of likely N-dealkylation sites (N-methyl/N-ethyl adjacent to an activating group) is 1. The van der Waals surface area contributed by atoms with Crippen LogP contribution < -0.4 is 10.2 Å². The number of morpholine rings is 1. The molecule has 1 fully saturated rings. The molecular weight excluding hydrogens is 238 g/mol. The molecule has 0 amide bonds. The molecule has 0 radical (unpaired) electrons. The monoisotopic (exact) mass is 263 g/mol. The Kier molecular flexibility index (Phi) is 5.19. The van der Waals surface area contributed by atoms with Crippen molar-refractivity contribution in [1.82, 2.24) is 10.2 Å². The number of nitrogens with zero attached hydrogens (tertiary/aromatic N) is 2. The minimum atomic E-state index is 0.319. The standard InChI is InChI=1S/C15H25N3O/c1-17(2)14-6-4-13(5-7-14)10-16-11-15-12-18(3)8-9-19-15/h4-7,15-16H,8-12H2,1-3H3. The second kappa shape index (κ2) is 6.89. The van der Waals surface area contributed by atoms with Crippen molar-refractivity contribution in [3.05, 3.63) is 29.8 Å². The molecule has 0 spiro atoms. The van der Waals surface area contributed by atoms with Crippen molar-refractivity contribution in [2.45, 2.75) is 12.6 Å². The van der Waals surface area contributed by atoms with Crippen molar-refractivity contribution < 1.29 is 4.74 Å². The van der Waals surface area contributed by atoms with Gasteiger partial charge in [0.2, 0.25) is 0 Å². The van der Waals surface area contributed by atoms with Crippen molar-refractivity contribution in [3.8, 4) is 0 Å². The molecule has 1 N–H and O–H groups in total. The van der Waals surface area contributed by atoms with E-state index in [2.05, 4.69) is 60.5 Å². The zero-order valence-electron chi connectivity index (χ0n) is 12.2. The zero-order valence-corrected chi connectivity index (χ0v) is 12.2. The van der Waals surface area contributed by atoms with Crippen LogP contribution in [0.1, 0.15) is 5.56 Å². The van der Waals surface area contributed by atoms with Gasteiger partial charge in [-0.2, -0.15) is 0 Å². The largest absolute Gasteiger partial charge is 0.378 e. The Morgan fingerprint density at radius 3 is 2.68 bits per heavy atom. The zero-order chi connectivity index (χ0) is 13.7. The Balaban J connectivity index is 1.73. The summed E-state index contributed by atoms with van der Waals surface area (Å²) in [5.41, 5.74) is 2.55. The average molecular weight is 263 g/mol. The van der Waals surface area contributed by atoms with E-state index in [-0.39, 0.29) is 0 Å². The topological polar surface area (TPSA) is 27.7 Å². The lowest BCUT2D eigenvalue weighted by Gasteiger charge is -2.30. The van der Waals surface area contributed by atoms with Crippen LogP contribution in [0.15, 0.2) is 24.3 Å². The van der Waals surface area contributed by atoms with E-state index in [4.69, 9.17) is 4.74 Å². The first kappa shape index (κ1) is 14.3. The van der Waals surface area contributed by atoms with Gasteiger partial charge in [-0.15, -0.1) is 0 Å². The smallest absolute Gasteiger partial charge is 0.0826 e. The molecule has 0 aliphatic carbocycles. The number of nitrogens with one attached hydrogen (secondary N) is 1. The third kappa shape index (κ3) is 4.49. The quantitative estimate of drug-likeness (QED) is 0.863. The Morgan fingerprint density at radius 1 is 1.32 bits per heavy atom. The second-order valence-electron chi connectivity index (χ2n) is 5.45. The maximum Gasteiger partial charge on any atom is 0.0826 e. The Labute approximate surface area is 116 Å². The van der Waals surface area contributed by atoms with Gasteiger partial charge in [0.25, 0.3) is 0 Å². The number of ether oxygens (including phenoxy) is 1. The molecule has 0 bridgehead atoms. The van der Waals surface area contributed by atoms with E-state index in [1.54, 1.807) is 0 Å². The van der Waals surface area contributed by atoms with Gasteiger partial charge < -0.3 is 19.9 Å². The van der Waals surface area contributed by atoms with Crippen LogP contribution in [0.2, 0.25) is 0 Å². The third-order valence-electron chi connectivity index (χ3n) is 3.50. The fraction of sp³-hybridized carbons (Fsp3) is 0.600. The van der Waals surface area contributed by atoms with E-state index in [9.17, 15) is 0 Å². The Morgan fingerprint density at radius 2 is 2.05 bits per heavy atom. The number of rotatable bonds is 5. The van der Waals surface area contributed by atoms with Crippen LogP contribution in [0.5, 0.6) is 0 Å². The van der Waals surface area contributed by atoms with Crippen LogP contribution in [0.25, 0.3) is 0 Å². The summed E-state index contributed by atoms with van der Waals surface area (Å²) < 4.78 is 5.73. The maximum absolute atomic E-state index is 5.73. The summed E-state index contributed by atoms with van der Waals surface area (Å²) in [6.07, 6.45) is 0.319. The lowest BCUT2D eigenvalue weighted by atomic mass is 10.2. The molecule has 4 heteroatoms. The summed E-state index contributed by atoms with van der Waals surface area (Å²) in [7, 11) is 6.27. The number of benzene rings is 1. The Bertz CT molecular complexity index is 377. The lowest BCUT2D eigenvalue weighted by Crippen LogP contribution is -2.44. The molecule has 1 aromatic carbocycles. The molecule has 2 rings (SSSR count). The van der Waals surface area contributed by atoms with E-state index in [1.807, 2.05) is 0 Å². The molecule has 1 aromatic rings. The van der Waals surface area contributed by atoms with Gasteiger partial charge in [-0.25, -0.2) is 0 Å². The summed E-state index contributed by atoms with van der Waals surface area (Å²) in [6, 6.07) is 8.66. The van der Waals surface area contributed by atoms with Gasteiger partial charge in [0.15, 0.2) is 0 Å². The highest BCUT2D eigenvalue weighted by Crippen LogP contribution is 2.12. The maximum atomic E-state index is 5.73. The molecule has 0 aromatic heterocycles. The summed E-state index contributed by atoms with van der Waals surface area (Å²) >= 11 is 0. The highest BCUT2D eigenvalue weighted by molar-refractivity contribution is 5.45. The molecular formula is C15H25N3O. The van der Waals surface area contributed by atoms with Crippen LogP contribution in [0, 0.1) is 0 Å². The van der Waals surface area contributed by atoms with Crippen LogP contribution in [0.4, 0.5) is 5.69 Å². The first-order valence-electron chi connectivity index (χ1n) is 6.92. The van der Waals surface area contributed by atoms with Crippen LogP contribution in [-0.4, -0.2) is 58.4 Å². The minimum Gasteiger partial charge on any atom is -0.378 e. The van der Waals surface area contributed by atoms with Gasteiger partial charge in [-0.3, -0.25) is 0 Å². The van der Waals surface area contributed by atoms with E-state index in [1.165, 1.54) is 11.3 Å². The predicted octanol–water partition coefficient (Wildman–Crippen LogP) is 1.17. The molecule has 4 nitrogen and oxygen atoms in total. The number of hydrogen-bond acceptors (Lipinski definition) is 4. The molecule has 1 heterocycles. The first-order chi connectivity index (χ1) is 9.15. The third-order valence-corrected chi connectivity index (χ3v) is 3.50. The second-order valence-corrected chi connectivity index (χ2v) is 5.45. The number of anilines is 1. The molecule has 19 heavy (non-hydrogen) atoms. The highest BCUT2D eigenvalue weighted by Gasteiger charge is 2.16. The summed E-state index contributed by atoms with van der Waals surface area (Å²) in [5, 5.41) is 3.48. The van der Waals surface area contributed by atoms with Crippen molar-refractivity contribution in [1.29, 1.82) is 0 Å². The van der Waals surface area contributed by atoms with Gasteiger partial charge in [-0.05, 0) is 24.7 Å². The highest BCUT2D eigenvalue weighted by atomic mass is 16.5. The van der Waals surface area contributed by atoms with Gasteiger partial charge in [0.1, 0.15) is 0 Å². The van der Waals surface area contributed by atoms with Gasteiger partial charge in [0.05, 0.1) is 12.7 Å². The predicted molar refractivity (Wildman–Crippen MR) is 79.7 cm³/mol. The normalized spacial score (nSPS) is 20.5. The van der Waals surface area contributed by atoms with Crippen molar-refractivity contribution >= 4 is 5.69 Å². The fourth-order valence-corrected chi connectivity index (χ4v) is 2.28. The van der Waals surface area contributed by atoms with E-state index >= 15 is 0 Å². The molecule has 1 unspecified atom stereocenters. The van der Waals surface area contributed by atoms with Crippen LogP contribution in [-0.2, 0) is 11.3 Å². The van der Waals surface area contributed by atoms with E-state index in [0.717, 1.165) is 32.8 Å². The van der Waals surface area contributed by atoms with E-state index in [0.29, 0.717) is 6.10 Å². The molecule has 1 aliphatic heterocycles. The van der Waals surface area contributed by atoms with Crippen LogP contribution >= 0.6 is 0 Å². The van der Waals surface area contributed by atoms with Crippen molar-refractivity contribution in [2.24, 2.45) is 0 Å². The summed E-state index contributed by atoms with van der Waals surface area (Å²) in [4.78, 5) is 4.44. The molecule has 1 saturated heterocycles. The van der Waals surface area contributed by atoms with E-state index < -0.39 is 0 Å². The number of hydrogen-bond donors (Lipinski definition) is 1. The van der Waals surface area contributed by atoms with Crippen LogP contribution in [0.3, 0.4) is 0 Å². The van der Waals surface area contributed by atoms with Gasteiger partial charge in [-0.1, -0.05) is 12.1 Å².